The van der Waals surface area contributed by atoms with Gasteiger partial charge in [-0.2, -0.15) is 0 Å². The number of para-hydroxylation sites is 1. The van der Waals surface area contributed by atoms with E-state index in [1.54, 1.807) is 18.2 Å². The number of rotatable bonds is 3. The quantitative estimate of drug-likeness (QED) is 0.839. The second-order valence-electron chi connectivity index (χ2n) is 8.37. The van der Waals surface area contributed by atoms with Crippen molar-refractivity contribution < 1.29 is 18.7 Å². The fraction of sp³-hybridized carbons (Fsp3) is 0.391. The fourth-order valence-electron chi connectivity index (χ4n) is 5.20. The standard InChI is InChI=1S/C23H23FN2O3/c24-17-9-5-14(6-10-17)13-25-21(27)19-11-16-8-7-15(19)12-23(16)26-22(28)18-3-1-2-4-20(18)29-23/h1-6,9-10,15-16,19H,7-8,11-13H2,(H,25,27)(H,26,28)/t15-,16+,19-,23-/m0/s1. The van der Waals surface area contributed by atoms with Crippen molar-refractivity contribution in [1.82, 2.24) is 10.6 Å². The van der Waals surface area contributed by atoms with Gasteiger partial charge in [-0.1, -0.05) is 24.3 Å². The normalized spacial score (nSPS) is 29.7. The van der Waals surface area contributed by atoms with Gasteiger partial charge < -0.3 is 15.4 Å². The van der Waals surface area contributed by atoms with E-state index in [9.17, 15) is 14.0 Å². The van der Waals surface area contributed by atoms with Gasteiger partial charge in [0.2, 0.25) is 5.91 Å². The van der Waals surface area contributed by atoms with Crippen LogP contribution in [0.25, 0.3) is 0 Å². The molecule has 2 amide bonds. The third-order valence-electron chi connectivity index (χ3n) is 6.68. The molecule has 4 atom stereocenters. The Hall–Kier alpha value is -2.89. The van der Waals surface area contributed by atoms with E-state index in [4.69, 9.17) is 4.74 Å². The van der Waals surface area contributed by atoms with Crippen LogP contribution in [0.2, 0.25) is 0 Å². The van der Waals surface area contributed by atoms with Crippen LogP contribution in [-0.2, 0) is 11.3 Å². The van der Waals surface area contributed by atoms with Crippen LogP contribution in [0.4, 0.5) is 4.39 Å². The van der Waals surface area contributed by atoms with Crippen molar-refractivity contribution in [2.45, 2.75) is 38.0 Å². The highest BCUT2D eigenvalue weighted by atomic mass is 19.1. The first kappa shape index (κ1) is 18.2. The zero-order valence-electron chi connectivity index (χ0n) is 16.0. The molecule has 6 rings (SSSR count). The molecule has 2 bridgehead atoms. The monoisotopic (exact) mass is 394 g/mol. The fourth-order valence-corrected chi connectivity index (χ4v) is 5.20. The number of carbonyl (C=O) groups is 2. The molecule has 0 unspecified atom stereocenters. The molecular formula is C23H23FN2O3. The summed E-state index contributed by atoms with van der Waals surface area (Å²) < 4.78 is 19.4. The lowest BCUT2D eigenvalue weighted by Crippen LogP contribution is -2.66. The van der Waals surface area contributed by atoms with Gasteiger partial charge in [0.1, 0.15) is 11.6 Å². The average molecular weight is 394 g/mol. The van der Waals surface area contributed by atoms with E-state index in [0.717, 1.165) is 18.4 Å². The molecule has 3 saturated carbocycles. The predicted octanol–water partition coefficient (Wildman–Crippen LogP) is 3.40. The summed E-state index contributed by atoms with van der Waals surface area (Å²) in [6.07, 6.45) is 3.24. The van der Waals surface area contributed by atoms with Gasteiger partial charge in [0, 0.05) is 24.8 Å². The van der Waals surface area contributed by atoms with Crippen molar-refractivity contribution in [3.05, 3.63) is 65.5 Å². The number of nitrogens with one attached hydrogen (secondary N) is 2. The van der Waals surface area contributed by atoms with Crippen LogP contribution in [0, 0.1) is 23.6 Å². The van der Waals surface area contributed by atoms with Crippen LogP contribution in [0.1, 0.15) is 41.6 Å². The van der Waals surface area contributed by atoms with Crippen molar-refractivity contribution in [2.75, 3.05) is 0 Å². The van der Waals surface area contributed by atoms with Crippen LogP contribution in [0.3, 0.4) is 0 Å². The maximum absolute atomic E-state index is 13.0. The highest BCUT2D eigenvalue weighted by Gasteiger charge is 2.57. The topological polar surface area (TPSA) is 67.4 Å². The number of amides is 2. The SMILES string of the molecule is O=C1N[C@@]2(C[C@@H]3CC[C@@H]2C[C@@H]3C(=O)NCc2ccc(F)cc2)Oc2ccccc21. The lowest BCUT2D eigenvalue weighted by atomic mass is 9.60. The first-order valence-corrected chi connectivity index (χ1v) is 10.2. The number of ether oxygens (including phenoxy) is 1. The molecule has 0 radical (unpaired) electrons. The van der Waals surface area contributed by atoms with Gasteiger partial charge in [-0.25, -0.2) is 4.39 Å². The van der Waals surface area contributed by atoms with Crippen molar-refractivity contribution in [2.24, 2.45) is 17.8 Å². The Morgan fingerprint density at radius 1 is 1.17 bits per heavy atom. The van der Waals surface area contributed by atoms with Crippen LogP contribution in [0.15, 0.2) is 48.5 Å². The molecule has 1 spiro atoms. The van der Waals surface area contributed by atoms with Gasteiger partial charge in [-0.15, -0.1) is 0 Å². The van der Waals surface area contributed by atoms with Crippen LogP contribution in [-0.4, -0.2) is 17.5 Å². The molecular weight excluding hydrogens is 371 g/mol. The Morgan fingerprint density at radius 3 is 2.72 bits per heavy atom. The summed E-state index contributed by atoms with van der Waals surface area (Å²) in [5, 5.41) is 6.11. The number of benzene rings is 2. The number of hydrogen-bond acceptors (Lipinski definition) is 3. The van der Waals surface area contributed by atoms with Crippen molar-refractivity contribution >= 4 is 11.8 Å². The zero-order valence-corrected chi connectivity index (χ0v) is 16.0. The van der Waals surface area contributed by atoms with E-state index in [1.165, 1.54) is 12.1 Å². The van der Waals surface area contributed by atoms with Crippen LogP contribution in [0.5, 0.6) is 5.75 Å². The summed E-state index contributed by atoms with van der Waals surface area (Å²) in [7, 11) is 0. The number of hydrogen-bond donors (Lipinski definition) is 2. The minimum Gasteiger partial charge on any atom is -0.467 e. The molecule has 6 heteroatoms. The molecule has 2 aromatic rings. The molecule has 1 aliphatic heterocycles. The summed E-state index contributed by atoms with van der Waals surface area (Å²) in [6.45, 7) is 0.388. The number of fused-ring (bicyclic) bond motifs is 3. The van der Waals surface area contributed by atoms with E-state index in [0.29, 0.717) is 30.7 Å². The Kier molecular flexibility index (Phi) is 4.30. The molecule has 4 aliphatic rings. The molecule has 29 heavy (non-hydrogen) atoms. The predicted molar refractivity (Wildman–Crippen MR) is 104 cm³/mol. The maximum Gasteiger partial charge on any atom is 0.258 e. The molecule has 3 aliphatic carbocycles. The second kappa shape index (κ2) is 6.87. The molecule has 2 N–H and O–H groups in total. The minimum atomic E-state index is -0.706. The first-order valence-electron chi connectivity index (χ1n) is 10.2. The first-order chi connectivity index (χ1) is 14.0. The Labute approximate surface area is 168 Å². The molecule has 1 heterocycles. The molecule has 2 aromatic carbocycles. The summed E-state index contributed by atoms with van der Waals surface area (Å²) in [5.41, 5.74) is 0.729. The minimum absolute atomic E-state index is 0.0291. The summed E-state index contributed by atoms with van der Waals surface area (Å²) >= 11 is 0. The lowest BCUT2D eigenvalue weighted by Gasteiger charge is -2.55. The Balaban J connectivity index is 1.28. The molecule has 150 valence electrons. The van der Waals surface area contributed by atoms with Crippen LogP contribution >= 0.6 is 0 Å². The van der Waals surface area contributed by atoms with Crippen molar-refractivity contribution in [3.63, 3.8) is 0 Å². The highest BCUT2D eigenvalue weighted by Crippen LogP contribution is 2.52. The van der Waals surface area contributed by atoms with Crippen molar-refractivity contribution in [3.8, 4) is 5.75 Å². The molecule has 0 aromatic heterocycles. The highest BCUT2D eigenvalue weighted by molar-refractivity contribution is 5.98. The van der Waals surface area contributed by atoms with Gasteiger partial charge >= 0.3 is 0 Å². The van der Waals surface area contributed by atoms with Gasteiger partial charge in [0.25, 0.3) is 5.91 Å². The van der Waals surface area contributed by atoms with E-state index >= 15 is 0 Å². The number of halogens is 1. The summed E-state index contributed by atoms with van der Waals surface area (Å²) in [6, 6.07) is 13.5. The largest absolute Gasteiger partial charge is 0.467 e. The van der Waals surface area contributed by atoms with Gasteiger partial charge in [0.15, 0.2) is 5.72 Å². The Bertz CT molecular complexity index is 961. The van der Waals surface area contributed by atoms with Gasteiger partial charge in [-0.3, -0.25) is 9.59 Å². The smallest absolute Gasteiger partial charge is 0.258 e. The average Bonchev–Trinajstić information content (AvgIpc) is 2.73. The summed E-state index contributed by atoms with van der Waals surface area (Å²) in [4.78, 5) is 25.5. The van der Waals surface area contributed by atoms with E-state index in [2.05, 4.69) is 10.6 Å². The molecule has 0 saturated heterocycles. The summed E-state index contributed by atoms with van der Waals surface area (Å²) in [5.74, 6) is 0.452. The van der Waals surface area contributed by atoms with Gasteiger partial charge in [0.05, 0.1) is 5.56 Å². The number of carbonyl (C=O) groups excluding carboxylic acids is 2. The Morgan fingerprint density at radius 2 is 1.97 bits per heavy atom. The van der Waals surface area contributed by atoms with Crippen molar-refractivity contribution in [1.29, 1.82) is 0 Å². The lowest BCUT2D eigenvalue weighted by molar-refractivity contribution is -0.146. The van der Waals surface area contributed by atoms with E-state index in [1.807, 2.05) is 18.2 Å². The third-order valence-corrected chi connectivity index (χ3v) is 6.68. The molecule has 5 nitrogen and oxygen atoms in total. The molecule has 3 fully saturated rings. The third kappa shape index (κ3) is 3.16. The van der Waals surface area contributed by atoms with E-state index < -0.39 is 5.72 Å². The second-order valence-corrected chi connectivity index (χ2v) is 8.37. The maximum atomic E-state index is 13.0. The van der Waals surface area contributed by atoms with Crippen LogP contribution < -0.4 is 15.4 Å². The zero-order chi connectivity index (χ0) is 20.0. The van der Waals surface area contributed by atoms with E-state index in [-0.39, 0.29) is 35.4 Å². The van der Waals surface area contributed by atoms with Gasteiger partial charge in [-0.05, 0) is 55.0 Å².